The Morgan fingerprint density at radius 2 is 2.00 bits per heavy atom. The minimum atomic E-state index is -1.19. The van der Waals surface area contributed by atoms with Gasteiger partial charge in [0.05, 0.1) is 45.1 Å². The fraction of sp³-hybridized carbons (Fsp3) is 0.533. The summed E-state index contributed by atoms with van der Waals surface area (Å²) in [7, 11) is 0. The van der Waals surface area contributed by atoms with Gasteiger partial charge in [-0.25, -0.2) is 0 Å². The molecule has 2 fully saturated rings. The molecule has 1 N–H and O–H groups in total. The third-order valence-corrected chi connectivity index (χ3v) is 4.05. The quantitative estimate of drug-likeness (QED) is 0.756. The summed E-state index contributed by atoms with van der Waals surface area (Å²) < 4.78 is 17.0. The maximum absolute atomic E-state index is 10.8. The molecule has 0 radical (unpaired) electrons. The number of carbonyl (C=O) groups is 1. The molecule has 0 unspecified atom stereocenters. The van der Waals surface area contributed by atoms with Gasteiger partial charge in [0.1, 0.15) is 5.75 Å². The number of nitrogens with one attached hydrogen (secondary N) is 1. The summed E-state index contributed by atoms with van der Waals surface area (Å²) in [5, 5.41) is 10.8. The normalized spacial score (nSPS) is 21.5. The molecule has 2 aliphatic heterocycles. The van der Waals surface area contributed by atoms with E-state index in [-0.39, 0.29) is 11.4 Å². The highest BCUT2D eigenvalue weighted by atomic mass is 16.7. The Bertz CT molecular complexity index is 503. The Labute approximate surface area is 123 Å². The van der Waals surface area contributed by atoms with Gasteiger partial charge in [-0.3, -0.25) is 0 Å². The number of quaternary nitrogens is 1. The highest BCUT2D eigenvalue weighted by Crippen LogP contribution is 2.27. The van der Waals surface area contributed by atoms with Gasteiger partial charge in [0, 0.05) is 5.56 Å². The largest absolute Gasteiger partial charge is 0.545 e. The van der Waals surface area contributed by atoms with Gasteiger partial charge in [-0.1, -0.05) is 12.1 Å². The highest BCUT2D eigenvalue weighted by molar-refractivity contribution is 5.86. The summed E-state index contributed by atoms with van der Waals surface area (Å²) in [6.07, 6.45) is 1.73. The summed E-state index contributed by atoms with van der Waals surface area (Å²) in [6, 6.07) is 6.39. The van der Waals surface area contributed by atoms with E-state index in [0.717, 1.165) is 25.9 Å². The first kappa shape index (κ1) is 14.3. The first-order valence-corrected chi connectivity index (χ1v) is 7.23. The second-order valence-electron chi connectivity index (χ2n) is 5.46. The molecule has 21 heavy (non-hydrogen) atoms. The van der Waals surface area contributed by atoms with Crippen LogP contribution in [0, 0.1) is 0 Å². The average molecular weight is 293 g/mol. The van der Waals surface area contributed by atoms with Crippen LogP contribution in [-0.2, 0) is 9.47 Å². The van der Waals surface area contributed by atoms with Crippen molar-refractivity contribution in [1.82, 2.24) is 0 Å². The predicted octanol–water partition coefficient (Wildman–Crippen LogP) is -1.19. The third-order valence-electron chi connectivity index (χ3n) is 4.05. The zero-order valence-corrected chi connectivity index (χ0v) is 11.8. The lowest BCUT2D eigenvalue weighted by molar-refractivity contribution is -0.923. The number of hydrogen-bond donors (Lipinski definition) is 1. The monoisotopic (exact) mass is 293 g/mol. The van der Waals surface area contributed by atoms with Crippen LogP contribution < -0.4 is 14.7 Å². The Hall–Kier alpha value is -1.63. The molecule has 3 rings (SSSR count). The number of hydrogen-bond acceptors (Lipinski definition) is 5. The van der Waals surface area contributed by atoms with Crippen molar-refractivity contribution in [3.8, 4) is 5.75 Å². The van der Waals surface area contributed by atoms with Gasteiger partial charge < -0.3 is 29.0 Å². The van der Waals surface area contributed by atoms with E-state index in [9.17, 15) is 9.90 Å². The smallest absolute Gasteiger partial charge is 0.222 e. The number of ether oxygens (including phenoxy) is 3. The Balaban J connectivity index is 1.50. The molecular weight excluding hydrogens is 274 g/mol. The molecule has 1 aromatic carbocycles. The number of rotatable bonds is 4. The Morgan fingerprint density at radius 3 is 2.67 bits per heavy atom. The summed E-state index contributed by atoms with van der Waals surface area (Å²) >= 11 is 0. The molecule has 0 bridgehead atoms. The molecule has 6 heteroatoms. The predicted molar refractivity (Wildman–Crippen MR) is 70.8 cm³/mol. The van der Waals surface area contributed by atoms with E-state index < -0.39 is 5.97 Å². The van der Waals surface area contributed by atoms with E-state index in [1.54, 1.807) is 12.1 Å². The molecule has 1 spiro atoms. The van der Waals surface area contributed by atoms with Crippen LogP contribution in [0.5, 0.6) is 5.75 Å². The van der Waals surface area contributed by atoms with Gasteiger partial charge in [-0.05, 0) is 12.1 Å². The lowest BCUT2D eigenvalue weighted by atomic mass is 10.0. The minimum absolute atomic E-state index is 0.132. The maximum Gasteiger partial charge on any atom is 0.222 e. The summed E-state index contributed by atoms with van der Waals surface area (Å²) in [6.45, 7) is 3.70. The molecule has 114 valence electrons. The number of benzene rings is 1. The van der Waals surface area contributed by atoms with Crippen LogP contribution in [0.3, 0.4) is 0 Å². The molecule has 1 aromatic rings. The SMILES string of the molecule is O=C([O-])c1cccc(OC[NH+]2CCC3(CC2)OCCO3)c1. The van der Waals surface area contributed by atoms with Crippen molar-refractivity contribution in [2.75, 3.05) is 33.0 Å². The Kier molecular flexibility index (Phi) is 4.10. The highest BCUT2D eigenvalue weighted by Gasteiger charge is 2.41. The lowest BCUT2D eigenvalue weighted by Crippen LogP contribution is -3.14. The summed E-state index contributed by atoms with van der Waals surface area (Å²) in [5.74, 6) is -1.00. The van der Waals surface area contributed by atoms with E-state index in [1.807, 2.05) is 0 Å². The number of carboxylic acid groups (broad SMARTS) is 1. The van der Waals surface area contributed by atoms with Gasteiger partial charge in [0.15, 0.2) is 5.79 Å². The first-order valence-electron chi connectivity index (χ1n) is 7.23. The van der Waals surface area contributed by atoms with E-state index in [0.29, 0.717) is 25.7 Å². The molecule has 0 aliphatic carbocycles. The van der Waals surface area contributed by atoms with Crippen LogP contribution in [0.4, 0.5) is 0 Å². The Morgan fingerprint density at radius 1 is 1.29 bits per heavy atom. The summed E-state index contributed by atoms with van der Waals surface area (Å²) in [5.41, 5.74) is 0.132. The molecule has 2 saturated heterocycles. The second kappa shape index (κ2) is 6.01. The van der Waals surface area contributed by atoms with Crippen molar-refractivity contribution >= 4 is 5.97 Å². The molecule has 0 amide bonds. The third kappa shape index (κ3) is 3.34. The lowest BCUT2D eigenvalue weighted by Gasteiger charge is -2.34. The van der Waals surface area contributed by atoms with Gasteiger partial charge in [-0.2, -0.15) is 0 Å². The molecular formula is C15H19NO5. The maximum atomic E-state index is 10.8. The van der Waals surface area contributed by atoms with Crippen LogP contribution in [0.15, 0.2) is 24.3 Å². The number of aromatic carboxylic acids is 1. The van der Waals surface area contributed by atoms with Gasteiger partial charge in [0.25, 0.3) is 0 Å². The van der Waals surface area contributed by atoms with E-state index in [1.165, 1.54) is 17.0 Å². The minimum Gasteiger partial charge on any atom is -0.545 e. The zero-order chi connectivity index (χ0) is 14.7. The zero-order valence-electron chi connectivity index (χ0n) is 11.8. The molecule has 6 nitrogen and oxygen atoms in total. The first-order chi connectivity index (χ1) is 10.2. The van der Waals surface area contributed by atoms with Crippen LogP contribution in [0.2, 0.25) is 0 Å². The molecule has 0 aromatic heterocycles. The number of likely N-dealkylation sites (tertiary alicyclic amines) is 1. The number of piperidine rings is 1. The van der Waals surface area contributed by atoms with Gasteiger partial charge >= 0.3 is 0 Å². The molecule has 0 saturated carbocycles. The standard InChI is InChI=1S/C15H19NO5/c17-14(18)12-2-1-3-13(10-12)19-11-16-6-4-15(5-7-16)20-8-9-21-15/h1-3,10H,4-9,11H2,(H,17,18). The van der Waals surface area contributed by atoms with Crippen LogP contribution in [0.1, 0.15) is 23.2 Å². The van der Waals surface area contributed by atoms with Crippen molar-refractivity contribution in [3.63, 3.8) is 0 Å². The fourth-order valence-corrected chi connectivity index (χ4v) is 2.81. The van der Waals surface area contributed by atoms with E-state index >= 15 is 0 Å². The van der Waals surface area contributed by atoms with Crippen LogP contribution >= 0.6 is 0 Å². The fourth-order valence-electron chi connectivity index (χ4n) is 2.81. The van der Waals surface area contributed by atoms with Crippen LogP contribution in [0.25, 0.3) is 0 Å². The second-order valence-corrected chi connectivity index (χ2v) is 5.46. The molecule has 2 aliphatic rings. The van der Waals surface area contributed by atoms with E-state index in [4.69, 9.17) is 14.2 Å². The number of carbonyl (C=O) groups excluding carboxylic acids is 1. The van der Waals surface area contributed by atoms with Gasteiger partial charge in [0.2, 0.25) is 6.73 Å². The van der Waals surface area contributed by atoms with Crippen molar-refractivity contribution in [3.05, 3.63) is 29.8 Å². The topological polar surface area (TPSA) is 72.3 Å². The van der Waals surface area contributed by atoms with Crippen LogP contribution in [-0.4, -0.2) is 44.8 Å². The molecule has 0 atom stereocenters. The number of carboxylic acids is 1. The molecule has 2 heterocycles. The summed E-state index contributed by atoms with van der Waals surface area (Å²) in [4.78, 5) is 12.1. The average Bonchev–Trinajstić information content (AvgIpc) is 2.95. The van der Waals surface area contributed by atoms with Crippen molar-refractivity contribution < 1.29 is 29.0 Å². The van der Waals surface area contributed by atoms with Crippen molar-refractivity contribution in [1.29, 1.82) is 0 Å². The van der Waals surface area contributed by atoms with E-state index in [2.05, 4.69) is 0 Å². The van der Waals surface area contributed by atoms with Crippen molar-refractivity contribution in [2.45, 2.75) is 18.6 Å². The van der Waals surface area contributed by atoms with Gasteiger partial charge in [-0.15, -0.1) is 0 Å². The van der Waals surface area contributed by atoms with Crippen molar-refractivity contribution in [2.24, 2.45) is 0 Å².